The molecule has 0 aliphatic rings. The Bertz CT molecular complexity index is 1240. The van der Waals surface area contributed by atoms with Gasteiger partial charge >= 0.3 is 0 Å². The third-order valence-electron chi connectivity index (χ3n) is 5.54. The molecule has 0 aromatic heterocycles. The highest BCUT2D eigenvalue weighted by Gasteiger charge is 2.39. The van der Waals surface area contributed by atoms with Crippen LogP contribution in [0.15, 0.2) is 114 Å². The number of hydrogen-bond donors (Lipinski definition) is 2. The van der Waals surface area contributed by atoms with E-state index in [2.05, 4.69) is 10.5 Å². The largest absolute Gasteiger partial charge is 0.493 e. The van der Waals surface area contributed by atoms with Crippen LogP contribution in [0.1, 0.15) is 22.3 Å². The van der Waals surface area contributed by atoms with Crippen molar-refractivity contribution in [2.75, 3.05) is 7.11 Å². The van der Waals surface area contributed by atoms with E-state index in [0.29, 0.717) is 34.8 Å². The lowest BCUT2D eigenvalue weighted by atomic mass is 9.85. The SMILES string of the molecule is COc1cccc(/C=N\NC(=O)C(O)(c2ccccc2)c2ccccc2)c1OCc1ccccc1. The highest BCUT2D eigenvalue weighted by molar-refractivity contribution is 5.92. The third kappa shape index (κ3) is 5.39. The summed E-state index contributed by atoms with van der Waals surface area (Å²) in [6.07, 6.45) is 1.47. The molecule has 0 heterocycles. The molecule has 176 valence electrons. The van der Waals surface area contributed by atoms with Gasteiger partial charge in [0.15, 0.2) is 17.1 Å². The van der Waals surface area contributed by atoms with Gasteiger partial charge < -0.3 is 14.6 Å². The molecule has 0 fully saturated rings. The number of benzene rings is 4. The lowest BCUT2D eigenvalue weighted by Gasteiger charge is -2.27. The average molecular weight is 467 g/mol. The maximum absolute atomic E-state index is 13.2. The van der Waals surface area contributed by atoms with Crippen molar-refractivity contribution in [1.82, 2.24) is 5.43 Å². The zero-order chi connectivity index (χ0) is 24.5. The molecule has 35 heavy (non-hydrogen) atoms. The van der Waals surface area contributed by atoms with E-state index in [1.165, 1.54) is 6.21 Å². The first-order valence-corrected chi connectivity index (χ1v) is 11.1. The average Bonchev–Trinajstić information content (AvgIpc) is 2.93. The number of amides is 1. The van der Waals surface area contributed by atoms with E-state index in [0.717, 1.165) is 5.56 Å². The molecule has 0 saturated carbocycles. The summed E-state index contributed by atoms with van der Waals surface area (Å²) in [6, 6.07) is 32.7. The van der Waals surface area contributed by atoms with Crippen molar-refractivity contribution in [3.8, 4) is 11.5 Å². The summed E-state index contributed by atoms with van der Waals surface area (Å²) in [5.41, 5.74) is 3.07. The number of carbonyl (C=O) groups excluding carboxylic acids is 1. The molecule has 0 spiro atoms. The number of hydrogen-bond acceptors (Lipinski definition) is 5. The fraction of sp³-hybridized carbons (Fsp3) is 0.103. The topological polar surface area (TPSA) is 80.2 Å². The van der Waals surface area contributed by atoms with Crippen LogP contribution in [-0.4, -0.2) is 24.3 Å². The monoisotopic (exact) mass is 466 g/mol. The van der Waals surface area contributed by atoms with E-state index < -0.39 is 11.5 Å². The molecule has 0 radical (unpaired) electrons. The fourth-order valence-electron chi connectivity index (χ4n) is 3.71. The van der Waals surface area contributed by atoms with Crippen LogP contribution >= 0.6 is 0 Å². The van der Waals surface area contributed by atoms with Gasteiger partial charge in [0.2, 0.25) is 0 Å². The highest BCUT2D eigenvalue weighted by Crippen LogP contribution is 2.32. The number of nitrogens with one attached hydrogen (secondary N) is 1. The van der Waals surface area contributed by atoms with E-state index in [4.69, 9.17) is 9.47 Å². The Morgan fingerprint density at radius 2 is 1.43 bits per heavy atom. The minimum absolute atomic E-state index is 0.343. The van der Waals surface area contributed by atoms with Crippen molar-refractivity contribution in [3.05, 3.63) is 131 Å². The summed E-state index contributed by atoms with van der Waals surface area (Å²) in [4.78, 5) is 13.2. The first-order chi connectivity index (χ1) is 17.1. The second-order valence-corrected chi connectivity index (χ2v) is 7.79. The summed E-state index contributed by atoms with van der Waals surface area (Å²) in [5, 5.41) is 15.7. The molecule has 0 unspecified atom stereocenters. The molecule has 2 N–H and O–H groups in total. The Morgan fingerprint density at radius 1 is 0.857 bits per heavy atom. The number of aliphatic hydroxyl groups is 1. The van der Waals surface area contributed by atoms with Gasteiger partial charge in [-0.3, -0.25) is 4.79 Å². The van der Waals surface area contributed by atoms with Crippen LogP contribution in [0.3, 0.4) is 0 Å². The van der Waals surface area contributed by atoms with Crippen LogP contribution in [0.5, 0.6) is 11.5 Å². The summed E-state index contributed by atoms with van der Waals surface area (Å²) in [7, 11) is 1.56. The number of ether oxygens (including phenoxy) is 2. The Labute approximate surface area is 204 Å². The van der Waals surface area contributed by atoms with Crippen molar-refractivity contribution in [2.45, 2.75) is 12.2 Å². The second kappa shape index (κ2) is 11.1. The minimum atomic E-state index is -1.92. The standard InChI is InChI=1S/C29H26N2O4/c1-34-26-19-11-14-23(27(26)35-21-22-12-5-2-6-13-22)20-30-31-28(32)29(33,24-15-7-3-8-16-24)25-17-9-4-10-18-25/h2-20,33H,21H2,1H3,(H,31,32)/b30-20-. The number of carbonyl (C=O) groups is 1. The van der Waals surface area contributed by atoms with E-state index in [9.17, 15) is 9.90 Å². The van der Waals surface area contributed by atoms with Gasteiger partial charge in [0.05, 0.1) is 13.3 Å². The van der Waals surface area contributed by atoms with Crippen LogP contribution in [0.2, 0.25) is 0 Å². The van der Waals surface area contributed by atoms with Crippen LogP contribution in [0.25, 0.3) is 0 Å². The maximum atomic E-state index is 13.2. The fourth-order valence-corrected chi connectivity index (χ4v) is 3.71. The Kier molecular flexibility index (Phi) is 7.55. The lowest BCUT2D eigenvalue weighted by molar-refractivity contribution is -0.136. The lowest BCUT2D eigenvalue weighted by Crippen LogP contribution is -2.43. The zero-order valence-electron chi connectivity index (χ0n) is 19.3. The predicted molar refractivity (Wildman–Crippen MR) is 135 cm³/mol. The van der Waals surface area contributed by atoms with E-state index in [1.807, 2.05) is 48.5 Å². The van der Waals surface area contributed by atoms with Crippen LogP contribution in [0.4, 0.5) is 0 Å². The van der Waals surface area contributed by atoms with Gasteiger partial charge in [-0.2, -0.15) is 5.10 Å². The van der Waals surface area contributed by atoms with Gasteiger partial charge in [0, 0.05) is 5.56 Å². The first-order valence-electron chi connectivity index (χ1n) is 11.1. The molecule has 0 atom stereocenters. The molecule has 4 rings (SSSR count). The van der Waals surface area contributed by atoms with Crippen molar-refractivity contribution >= 4 is 12.1 Å². The normalized spacial score (nSPS) is 11.3. The maximum Gasteiger partial charge on any atom is 0.281 e. The number of nitrogens with zero attached hydrogens (tertiary/aromatic N) is 1. The van der Waals surface area contributed by atoms with Gasteiger partial charge in [-0.1, -0.05) is 97.1 Å². The summed E-state index contributed by atoms with van der Waals surface area (Å²) >= 11 is 0. The molecule has 4 aromatic carbocycles. The summed E-state index contributed by atoms with van der Waals surface area (Å²) in [5.74, 6) is 0.361. The molecule has 1 amide bonds. The molecule has 0 bridgehead atoms. The zero-order valence-corrected chi connectivity index (χ0v) is 19.3. The molecular formula is C29H26N2O4. The Hall–Kier alpha value is -4.42. The van der Waals surface area contributed by atoms with Crippen molar-refractivity contribution in [1.29, 1.82) is 0 Å². The molecule has 0 aliphatic carbocycles. The van der Waals surface area contributed by atoms with Crippen LogP contribution < -0.4 is 14.9 Å². The number of hydrazone groups is 1. The van der Waals surface area contributed by atoms with Crippen LogP contribution in [-0.2, 0) is 17.0 Å². The van der Waals surface area contributed by atoms with Crippen molar-refractivity contribution in [2.24, 2.45) is 5.10 Å². The van der Waals surface area contributed by atoms with E-state index >= 15 is 0 Å². The Morgan fingerprint density at radius 3 is 2.00 bits per heavy atom. The smallest absolute Gasteiger partial charge is 0.281 e. The quantitative estimate of drug-likeness (QED) is 0.278. The molecular weight excluding hydrogens is 440 g/mol. The van der Waals surface area contributed by atoms with Crippen molar-refractivity contribution < 1.29 is 19.4 Å². The highest BCUT2D eigenvalue weighted by atomic mass is 16.5. The van der Waals surface area contributed by atoms with Gasteiger partial charge in [-0.15, -0.1) is 0 Å². The number of para-hydroxylation sites is 1. The first kappa shape index (κ1) is 23.7. The second-order valence-electron chi connectivity index (χ2n) is 7.79. The van der Waals surface area contributed by atoms with E-state index in [1.54, 1.807) is 67.8 Å². The summed E-state index contributed by atoms with van der Waals surface area (Å²) in [6.45, 7) is 0.343. The van der Waals surface area contributed by atoms with Crippen LogP contribution in [0, 0.1) is 0 Å². The number of rotatable bonds is 9. The molecule has 0 saturated heterocycles. The Balaban J connectivity index is 1.57. The third-order valence-corrected chi connectivity index (χ3v) is 5.54. The van der Waals surface area contributed by atoms with Gasteiger partial charge in [-0.05, 0) is 28.8 Å². The number of methoxy groups -OCH3 is 1. The van der Waals surface area contributed by atoms with Gasteiger partial charge in [-0.25, -0.2) is 5.43 Å². The predicted octanol–water partition coefficient (Wildman–Crippen LogP) is 4.66. The minimum Gasteiger partial charge on any atom is -0.493 e. The molecule has 4 aromatic rings. The van der Waals surface area contributed by atoms with Gasteiger partial charge in [0.1, 0.15) is 6.61 Å². The molecule has 6 heteroatoms. The van der Waals surface area contributed by atoms with Gasteiger partial charge in [0.25, 0.3) is 5.91 Å². The molecule has 0 aliphatic heterocycles. The van der Waals surface area contributed by atoms with Crippen molar-refractivity contribution in [3.63, 3.8) is 0 Å². The van der Waals surface area contributed by atoms with E-state index in [-0.39, 0.29) is 0 Å². The summed E-state index contributed by atoms with van der Waals surface area (Å²) < 4.78 is 11.5. The molecule has 6 nitrogen and oxygen atoms in total.